The first kappa shape index (κ1) is 14.4. The maximum atomic E-state index is 11.9. The van der Waals surface area contributed by atoms with Crippen molar-refractivity contribution in [3.63, 3.8) is 0 Å². The van der Waals surface area contributed by atoms with Gasteiger partial charge in [-0.1, -0.05) is 43.5 Å². The monoisotopic (exact) mass is 282 g/mol. The van der Waals surface area contributed by atoms with Gasteiger partial charge in [0.1, 0.15) is 5.41 Å². The third-order valence-corrected chi connectivity index (χ3v) is 4.73. The Morgan fingerprint density at radius 2 is 1.84 bits per heavy atom. The summed E-state index contributed by atoms with van der Waals surface area (Å²) in [7, 11) is 0. The van der Waals surface area contributed by atoms with Crippen LogP contribution in [0.25, 0.3) is 0 Å². The molecule has 4 heteroatoms. The molecule has 0 aromatic heterocycles. The predicted octanol–water partition coefficient (Wildman–Crippen LogP) is 3.38. The van der Waals surface area contributed by atoms with Gasteiger partial charge in [-0.05, 0) is 37.0 Å². The molecule has 1 fully saturated rings. The highest BCUT2D eigenvalue weighted by Crippen LogP contribution is 2.48. The second-order valence-corrected chi connectivity index (χ2v) is 5.75. The summed E-state index contributed by atoms with van der Waals surface area (Å²) in [6.07, 6.45) is 3.11. The van der Waals surface area contributed by atoms with Gasteiger partial charge in [-0.2, -0.15) is 0 Å². The van der Waals surface area contributed by atoms with Gasteiger partial charge in [0.25, 0.3) is 0 Å². The van der Waals surface area contributed by atoms with Gasteiger partial charge in [-0.25, -0.2) is 0 Å². The van der Waals surface area contributed by atoms with Crippen molar-refractivity contribution in [3.05, 3.63) is 34.9 Å². The molecule has 0 saturated heterocycles. The van der Waals surface area contributed by atoms with Crippen molar-refractivity contribution in [2.45, 2.75) is 50.0 Å². The Balaban J connectivity index is 2.58. The fraction of sp³-hybridized carbons (Fsp3) is 0.533. The summed E-state index contributed by atoms with van der Waals surface area (Å²) >= 11 is 5.87. The number of carboxylic acid groups (broad SMARTS) is 1. The smallest absolute Gasteiger partial charge is 0.317 e. The van der Waals surface area contributed by atoms with Gasteiger partial charge in [0.15, 0.2) is 0 Å². The summed E-state index contributed by atoms with van der Waals surface area (Å²) in [6, 6.07) is 6.82. The Bertz CT molecular complexity index is 471. The van der Waals surface area contributed by atoms with Gasteiger partial charge < -0.3 is 10.2 Å². The minimum absolute atomic E-state index is 0.432. The first-order valence-electron chi connectivity index (χ1n) is 6.68. The highest BCUT2D eigenvalue weighted by atomic mass is 35.5. The lowest BCUT2D eigenvalue weighted by atomic mass is 9.58. The van der Waals surface area contributed by atoms with Crippen LogP contribution < -0.4 is 0 Å². The zero-order valence-corrected chi connectivity index (χ0v) is 11.8. The molecule has 2 rings (SSSR count). The van der Waals surface area contributed by atoms with Gasteiger partial charge in [0.2, 0.25) is 0 Å². The summed E-state index contributed by atoms with van der Waals surface area (Å²) in [6.45, 7) is 1.85. The lowest BCUT2D eigenvalue weighted by Gasteiger charge is -2.47. The van der Waals surface area contributed by atoms with E-state index in [-0.39, 0.29) is 0 Å². The third kappa shape index (κ3) is 2.15. The fourth-order valence-electron chi connectivity index (χ4n) is 3.31. The second-order valence-electron chi connectivity index (χ2n) is 5.31. The molecule has 1 aliphatic rings. The largest absolute Gasteiger partial charge is 0.480 e. The summed E-state index contributed by atoms with van der Waals surface area (Å²) in [4.78, 5) is 11.9. The van der Waals surface area contributed by atoms with Crippen LogP contribution in [0.4, 0.5) is 0 Å². The molecule has 2 N–H and O–H groups in total. The van der Waals surface area contributed by atoms with E-state index >= 15 is 0 Å². The number of hydrogen-bond donors (Lipinski definition) is 2. The summed E-state index contributed by atoms with van der Waals surface area (Å²) in [5, 5.41) is 21.2. The number of carbonyl (C=O) groups is 1. The first-order chi connectivity index (χ1) is 8.96. The van der Waals surface area contributed by atoms with Gasteiger partial charge in [-0.3, -0.25) is 4.79 Å². The molecule has 104 valence electrons. The van der Waals surface area contributed by atoms with Crippen LogP contribution >= 0.6 is 11.6 Å². The van der Waals surface area contributed by atoms with Gasteiger partial charge >= 0.3 is 5.97 Å². The predicted molar refractivity (Wildman–Crippen MR) is 74.5 cm³/mol. The molecule has 1 aliphatic carbocycles. The maximum Gasteiger partial charge on any atom is 0.317 e. The molecule has 0 amide bonds. The van der Waals surface area contributed by atoms with Gasteiger partial charge in [0.05, 0.1) is 5.60 Å². The number of halogens is 1. The fourth-order valence-corrected chi connectivity index (χ4v) is 3.44. The van der Waals surface area contributed by atoms with Crippen LogP contribution in [0.2, 0.25) is 5.02 Å². The molecule has 2 unspecified atom stereocenters. The molecule has 1 saturated carbocycles. The lowest BCUT2D eigenvalue weighted by Crippen LogP contribution is -2.58. The number of carboxylic acids is 1. The van der Waals surface area contributed by atoms with Crippen molar-refractivity contribution in [3.8, 4) is 0 Å². The minimum atomic E-state index is -1.22. The normalized spacial score (nSPS) is 31.1. The van der Waals surface area contributed by atoms with E-state index in [0.29, 0.717) is 29.8 Å². The summed E-state index contributed by atoms with van der Waals surface area (Å²) in [5.74, 6) is -0.945. The van der Waals surface area contributed by atoms with E-state index in [0.717, 1.165) is 12.8 Å². The molecule has 0 spiro atoms. The first-order valence-corrected chi connectivity index (χ1v) is 7.06. The van der Waals surface area contributed by atoms with E-state index in [9.17, 15) is 15.0 Å². The Labute approximate surface area is 118 Å². The molecular weight excluding hydrogens is 264 g/mol. The van der Waals surface area contributed by atoms with Crippen molar-refractivity contribution in [2.75, 3.05) is 0 Å². The molecule has 19 heavy (non-hydrogen) atoms. The molecule has 2 atom stereocenters. The van der Waals surface area contributed by atoms with Crippen molar-refractivity contribution >= 4 is 17.6 Å². The Morgan fingerprint density at radius 1 is 1.26 bits per heavy atom. The number of benzene rings is 1. The van der Waals surface area contributed by atoms with E-state index < -0.39 is 17.0 Å². The maximum absolute atomic E-state index is 11.9. The zero-order valence-electron chi connectivity index (χ0n) is 11.0. The third-order valence-electron chi connectivity index (χ3n) is 4.47. The topological polar surface area (TPSA) is 57.5 Å². The van der Waals surface area contributed by atoms with Crippen LogP contribution in [0, 0.1) is 0 Å². The number of rotatable bonds is 3. The van der Waals surface area contributed by atoms with Crippen molar-refractivity contribution in [1.29, 1.82) is 0 Å². The minimum Gasteiger partial charge on any atom is -0.480 e. The van der Waals surface area contributed by atoms with Gasteiger partial charge in [-0.15, -0.1) is 0 Å². The Hall–Kier alpha value is -1.06. The number of aliphatic hydroxyl groups is 1. The quantitative estimate of drug-likeness (QED) is 0.893. The van der Waals surface area contributed by atoms with Crippen LogP contribution in [-0.4, -0.2) is 21.8 Å². The van der Waals surface area contributed by atoms with Crippen LogP contribution in [0.5, 0.6) is 0 Å². The summed E-state index contributed by atoms with van der Waals surface area (Å²) in [5.41, 5.74) is -1.76. The molecule has 0 aliphatic heterocycles. The lowest BCUT2D eigenvalue weighted by molar-refractivity contribution is -0.162. The van der Waals surface area contributed by atoms with Crippen LogP contribution in [0.1, 0.15) is 44.6 Å². The van der Waals surface area contributed by atoms with Gasteiger partial charge in [0, 0.05) is 5.02 Å². The molecule has 1 aromatic rings. The highest BCUT2D eigenvalue weighted by Gasteiger charge is 2.57. The zero-order chi connectivity index (χ0) is 14.1. The Morgan fingerprint density at radius 3 is 2.37 bits per heavy atom. The molecular formula is C15H19ClO3. The van der Waals surface area contributed by atoms with Crippen LogP contribution in [-0.2, 0) is 10.2 Å². The number of hydrogen-bond acceptors (Lipinski definition) is 2. The van der Waals surface area contributed by atoms with E-state index in [1.165, 1.54) is 0 Å². The van der Waals surface area contributed by atoms with Crippen LogP contribution in [0.15, 0.2) is 24.3 Å². The average molecular weight is 283 g/mol. The second kappa shape index (κ2) is 5.14. The molecule has 0 heterocycles. The van der Waals surface area contributed by atoms with Crippen LogP contribution in [0.3, 0.4) is 0 Å². The van der Waals surface area contributed by atoms with E-state index in [1.807, 2.05) is 6.92 Å². The van der Waals surface area contributed by atoms with Crippen molar-refractivity contribution in [2.24, 2.45) is 0 Å². The summed E-state index contributed by atoms with van der Waals surface area (Å²) < 4.78 is 0. The molecule has 1 aromatic carbocycles. The van der Waals surface area contributed by atoms with E-state index in [2.05, 4.69) is 0 Å². The molecule has 0 radical (unpaired) electrons. The standard InChI is InChI=1S/C15H19ClO3/c1-2-14(19)9-3-4-10-15(14,13(17)18)11-5-7-12(16)8-6-11/h5-8,19H,2-4,9-10H2,1H3,(H,17,18). The molecule has 0 bridgehead atoms. The van der Waals surface area contributed by atoms with E-state index in [1.54, 1.807) is 24.3 Å². The highest BCUT2D eigenvalue weighted by molar-refractivity contribution is 6.30. The SMILES string of the molecule is CCC1(O)CCCCC1(C(=O)O)c1ccc(Cl)cc1. The van der Waals surface area contributed by atoms with Crippen molar-refractivity contribution in [1.82, 2.24) is 0 Å². The molecule has 3 nitrogen and oxygen atoms in total. The number of aliphatic carboxylic acids is 1. The Kier molecular flexibility index (Phi) is 3.88. The average Bonchev–Trinajstić information content (AvgIpc) is 2.40. The van der Waals surface area contributed by atoms with E-state index in [4.69, 9.17) is 11.6 Å². The van der Waals surface area contributed by atoms with Crippen molar-refractivity contribution < 1.29 is 15.0 Å².